The highest BCUT2D eigenvalue weighted by Gasteiger charge is 2.26. The molecule has 0 atom stereocenters. The van der Waals surface area contributed by atoms with Crippen LogP contribution in [0, 0.1) is 5.92 Å². The summed E-state index contributed by atoms with van der Waals surface area (Å²) < 4.78 is 27.3. The molecule has 0 aliphatic carbocycles. The molecule has 1 aromatic carbocycles. The van der Waals surface area contributed by atoms with Crippen LogP contribution in [0.2, 0.25) is 10.0 Å². The lowest BCUT2D eigenvalue weighted by Crippen LogP contribution is -2.30. The molecule has 2 rings (SSSR count). The molecule has 1 saturated heterocycles. The van der Waals surface area contributed by atoms with Crippen molar-refractivity contribution in [2.45, 2.75) is 31.6 Å². The Hall–Kier alpha value is -0.820. The molecule has 1 N–H and O–H groups in total. The van der Waals surface area contributed by atoms with E-state index in [1.54, 1.807) is 4.90 Å². The molecule has 1 aliphatic rings. The van der Waals surface area contributed by atoms with Crippen LogP contribution in [-0.2, 0) is 10.0 Å². The molecular formula is C15H20Cl2N2O3S. The molecule has 5 nitrogen and oxygen atoms in total. The topological polar surface area (TPSA) is 66.5 Å². The average molecular weight is 379 g/mol. The molecule has 0 radical (unpaired) electrons. The summed E-state index contributed by atoms with van der Waals surface area (Å²) in [6.45, 7) is 5.40. The van der Waals surface area contributed by atoms with Gasteiger partial charge < -0.3 is 4.90 Å². The number of rotatable bonds is 5. The van der Waals surface area contributed by atoms with Crippen molar-refractivity contribution in [2.75, 3.05) is 19.6 Å². The third-order valence-corrected chi connectivity index (χ3v) is 5.82. The fourth-order valence-corrected chi connectivity index (χ4v) is 4.41. The van der Waals surface area contributed by atoms with Crippen LogP contribution in [0.5, 0.6) is 0 Å². The van der Waals surface area contributed by atoms with Crippen molar-refractivity contribution in [3.05, 3.63) is 27.7 Å². The smallest absolute Gasteiger partial charge is 0.255 e. The van der Waals surface area contributed by atoms with Crippen LogP contribution < -0.4 is 4.72 Å². The van der Waals surface area contributed by atoms with Crippen molar-refractivity contribution >= 4 is 39.1 Å². The summed E-state index contributed by atoms with van der Waals surface area (Å²) in [5, 5.41) is 0.166. The van der Waals surface area contributed by atoms with Crippen molar-refractivity contribution < 1.29 is 13.2 Å². The Morgan fingerprint density at radius 1 is 1.22 bits per heavy atom. The SMILES string of the molecule is CC(C)CNS(=O)(=O)c1cc(C(=O)N2CCCC2)c(Cl)cc1Cl. The zero-order valence-corrected chi connectivity index (χ0v) is 15.4. The number of hydrogen-bond acceptors (Lipinski definition) is 3. The summed E-state index contributed by atoms with van der Waals surface area (Å²) in [5.41, 5.74) is 0.169. The number of carbonyl (C=O) groups is 1. The van der Waals surface area contributed by atoms with Crippen LogP contribution in [0.15, 0.2) is 17.0 Å². The average Bonchev–Trinajstić information content (AvgIpc) is 2.98. The van der Waals surface area contributed by atoms with Crippen LogP contribution in [-0.4, -0.2) is 38.9 Å². The standard InChI is InChI=1S/C15H20Cl2N2O3S/c1-10(2)9-18-23(21,22)14-7-11(12(16)8-13(14)17)15(20)19-5-3-4-6-19/h7-8,10,18H,3-6,9H2,1-2H3. The second-order valence-electron chi connectivity index (χ2n) is 6.01. The summed E-state index contributed by atoms with van der Waals surface area (Å²) in [5.74, 6) is -0.106. The molecule has 1 aliphatic heterocycles. The molecule has 23 heavy (non-hydrogen) atoms. The fraction of sp³-hybridized carbons (Fsp3) is 0.533. The predicted octanol–water partition coefficient (Wildman–Crippen LogP) is 3.16. The first kappa shape index (κ1) is 18.5. The first-order valence-corrected chi connectivity index (χ1v) is 9.74. The maximum Gasteiger partial charge on any atom is 0.255 e. The maximum atomic E-state index is 12.5. The number of amides is 1. The summed E-state index contributed by atoms with van der Waals surface area (Å²) in [4.78, 5) is 14.1. The normalized spacial score (nSPS) is 15.4. The van der Waals surface area contributed by atoms with E-state index in [9.17, 15) is 13.2 Å². The summed E-state index contributed by atoms with van der Waals surface area (Å²) in [6.07, 6.45) is 1.89. The van der Waals surface area contributed by atoms with Crippen molar-refractivity contribution in [1.29, 1.82) is 0 Å². The zero-order chi connectivity index (χ0) is 17.2. The minimum atomic E-state index is -3.79. The van der Waals surface area contributed by atoms with E-state index in [1.807, 2.05) is 13.8 Å². The number of nitrogens with one attached hydrogen (secondary N) is 1. The monoisotopic (exact) mass is 378 g/mol. The quantitative estimate of drug-likeness (QED) is 0.855. The Bertz CT molecular complexity index is 699. The summed E-state index contributed by atoms with van der Waals surface area (Å²) >= 11 is 12.1. The molecule has 1 heterocycles. The lowest BCUT2D eigenvalue weighted by atomic mass is 10.2. The van der Waals surface area contributed by atoms with E-state index < -0.39 is 10.0 Å². The molecule has 0 bridgehead atoms. The van der Waals surface area contributed by atoms with E-state index in [0.717, 1.165) is 12.8 Å². The molecule has 1 fully saturated rings. The Kier molecular flexibility index (Phi) is 5.94. The molecule has 128 valence electrons. The zero-order valence-electron chi connectivity index (χ0n) is 13.1. The van der Waals surface area contributed by atoms with Crippen LogP contribution in [0.3, 0.4) is 0 Å². The number of hydrogen-bond donors (Lipinski definition) is 1. The number of sulfonamides is 1. The van der Waals surface area contributed by atoms with E-state index in [-0.39, 0.29) is 38.9 Å². The van der Waals surface area contributed by atoms with E-state index in [2.05, 4.69) is 4.72 Å². The first-order chi connectivity index (χ1) is 10.7. The number of halogens is 2. The highest BCUT2D eigenvalue weighted by molar-refractivity contribution is 7.89. The largest absolute Gasteiger partial charge is 0.339 e. The third-order valence-electron chi connectivity index (χ3n) is 3.62. The summed E-state index contributed by atoms with van der Waals surface area (Å²) in [7, 11) is -3.79. The Balaban J connectivity index is 2.37. The van der Waals surface area contributed by atoms with Crippen molar-refractivity contribution in [3.8, 4) is 0 Å². The van der Waals surface area contributed by atoms with Crippen LogP contribution in [0.25, 0.3) is 0 Å². The van der Waals surface area contributed by atoms with Crippen molar-refractivity contribution in [2.24, 2.45) is 5.92 Å². The van der Waals surface area contributed by atoms with Gasteiger partial charge in [-0.05, 0) is 30.9 Å². The fourth-order valence-electron chi connectivity index (χ4n) is 2.34. The van der Waals surface area contributed by atoms with Crippen molar-refractivity contribution in [1.82, 2.24) is 9.62 Å². The van der Waals surface area contributed by atoms with Gasteiger partial charge in [-0.3, -0.25) is 4.79 Å². The van der Waals surface area contributed by atoms with Gasteiger partial charge in [0, 0.05) is 19.6 Å². The molecule has 1 amide bonds. The van der Waals surface area contributed by atoms with Gasteiger partial charge in [0.25, 0.3) is 5.91 Å². The van der Waals surface area contributed by atoms with Gasteiger partial charge in [-0.25, -0.2) is 13.1 Å². The molecular weight excluding hydrogens is 359 g/mol. The minimum absolute atomic E-state index is 0.00391. The molecule has 0 unspecified atom stereocenters. The number of carbonyl (C=O) groups excluding carboxylic acids is 1. The van der Waals surface area contributed by atoms with E-state index in [4.69, 9.17) is 23.2 Å². The highest BCUT2D eigenvalue weighted by Crippen LogP contribution is 2.30. The van der Waals surface area contributed by atoms with Gasteiger partial charge in [0.15, 0.2) is 0 Å². The lowest BCUT2D eigenvalue weighted by Gasteiger charge is -2.17. The molecule has 0 aromatic heterocycles. The van der Waals surface area contributed by atoms with Crippen LogP contribution >= 0.6 is 23.2 Å². The summed E-state index contributed by atoms with van der Waals surface area (Å²) in [6, 6.07) is 2.59. The van der Waals surface area contributed by atoms with E-state index >= 15 is 0 Å². The van der Waals surface area contributed by atoms with Gasteiger partial charge in [-0.15, -0.1) is 0 Å². The van der Waals surface area contributed by atoms with Gasteiger partial charge in [-0.2, -0.15) is 0 Å². The number of nitrogens with zero attached hydrogens (tertiary/aromatic N) is 1. The van der Waals surface area contributed by atoms with Gasteiger partial charge in [0.05, 0.1) is 15.6 Å². The van der Waals surface area contributed by atoms with E-state index in [1.165, 1.54) is 12.1 Å². The van der Waals surface area contributed by atoms with Crippen molar-refractivity contribution in [3.63, 3.8) is 0 Å². The van der Waals surface area contributed by atoms with Crippen LogP contribution in [0.4, 0.5) is 0 Å². The molecule has 8 heteroatoms. The molecule has 0 saturated carbocycles. The third kappa shape index (κ3) is 4.38. The molecule has 1 aromatic rings. The van der Waals surface area contributed by atoms with Crippen LogP contribution in [0.1, 0.15) is 37.0 Å². The van der Waals surface area contributed by atoms with Gasteiger partial charge in [-0.1, -0.05) is 37.0 Å². The van der Waals surface area contributed by atoms with E-state index in [0.29, 0.717) is 13.1 Å². The Labute approximate surface area is 147 Å². The predicted molar refractivity (Wildman–Crippen MR) is 91.6 cm³/mol. The minimum Gasteiger partial charge on any atom is -0.339 e. The first-order valence-electron chi connectivity index (χ1n) is 7.50. The Morgan fingerprint density at radius 3 is 2.39 bits per heavy atom. The maximum absolute atomic E-state index is 12.5. The second-order valence-corrected chi connectivity index (χ2v) is 8.56. The highest BCUT2D eigenvalue weighted by atomic mass is 35.5. The van der Waals surface area contributed by atoms with Gasteiger partial charge in [0.1, 0.15) is 4.90 Å². The molecule has 0 spiro atoms. The lowest BCUT2D eigenvalue weighted by molar-refractivity contribution is 0.0793. The Morgan fingerprint density at radius 2 is 1.83 bits per heavy atom. The number of benzene rings is 1. The number of likely N-dealkylation sites (tertiary alicyclic amines) is 1. The second kappa shape index (κ2) is 7.38. The van der Waals surface area contributed by atoms with Gasteiger partial charge in [0.2, 0.25) is 10.0 Å². The van der Waals surface area contributed by atoms with Gasteiger partial charge >= 0.3 is 0 Å².